The summed E-state index contributed by atoms with van der Waals surface area (Å²) in [4.78, 5) is 18.6. The van der Waals surface area contributed by atoms with E-state index in [4.69, 9.17) is 0 Å². The van der Waals surface area contributed by atoms with Crippen LogP contribution in [-0.4, -0.2) is 34.9 Å². The fourth-order valence-electron chi connectivity index (χ4n) is 3.32. The highest BCUT2D eigenvalue weighted by atomic mass is 19.1. The second kappa shape index (κ2) is 6.55. The summed E-state index contributed by atoms with van der Waals surface area (Å²) in [7, 11) is 0. The monoisotopic (exact) mass is 338 g/mol. The van der Waals surface area contributed by atoms with Gasteiger partial charge in [-0.1, -0.05) is 12.1 Å². The number of halogens is 1. The van der Waals surface area contributed by atoms with E-state index in [-0.39, 0.29) is 11.7 Å². The van der Waals surface area contributed by atoms with E-state index in [0.29, 0.717) is 23.7 Å². The van der Waals surface area contributed by atoms with E-state index >= 15 is 0 Å². The Morgan fingerprint density at radius 3 is 3.04 bits per heavy atom. The topological polar surface area (TPSA) is 49.6 Å². The zero-order valence-corrected chi connectivity index (χ0v) is 13.7. The minimum atomic E-state index is -0.194. The zero-order valence-electron chi connectivity index (χ0n) is 13.7. The molecule has 0 radical (unpaired) electrons. The van der Waals surface area contributed by atoms with E-state index in [1.54, 1.807) is 30.6 Å². The van der Waals surface area contributed by atoms with Gasteiger partial charge in [0.25, 0.3) is 5.91 Å². The summed E-state index contributed by atoms with van der Waals surface area (Å²) in [5.74, 6) is 0.0290. The van der Waals surface area contributed by atoms with Crippen molar-refractivity contribution in [2.24, 2.45) is 5.92 Å². The molecular formula is C19H19FN4O. The minimum absolute atomic E-state index is 0.0973. The van der Waals surface area contributed by atoms with Crippen molar-refractivity contribution >= 4 is 17.2 Å². The van der Waals surface area contributed by atoms with E-state index in [9.17, 15) is 9.18 Å². The first kappa shape index (κ1) is 15.6. The van der Waals surface area contributed by atoms with Crippen LogP contribution in [0.15, 0.2) is 55.0 Å². The fraction of sp³-hybridized carbons (Fsp3) is 0.263. The molecule has 1 aromatic carbocycles. The van der Waals surface area contributed by atoms with Gasteiger partial charge in [-0.2, -0.15) is 0 Å². The maximum absolute atomic E-state index is 13.9. The number of pyridine rings is 1. The first-order valence-corrected chi connectivity index (χ1v) is 8.41. The Balaban J connectivity index is 1.35. The number of para-hydroxylation sites is 1. The van der Waals surface area contributed by atoms with Crippen molar-refractivity contribution in [2.45, 2.75) is 6.42 Å². The molecule has 0 aliphatic carbocycles. The maximum Gasteiger partial charge on any atom is 0.252 e. The van der Waals surface area contributed by atoms with Crippen molar-refractivity contribution in [3.05, 3.63) is 66.4 Å². The molecule has 3 heterocycles. The Bertz CT molecular complexity index is 907. The normalized spacial score (nSPS) is 17.2. The molecule has 1 aliphatic heterocycles. The van der Waals surface area contributed by atoms with E-state index in [0.717, 1.165) is 25.2 Å². The molecule has 0 unspecified atom stereocenters. The predicted octanol–water partition coefficient (Wildman–Crippen LogP) is 2.73. The lowest BCUT2D eigenvalue weighted by Gasteiger charge is -2.19. The number of anilines is 1. The smallest absolute Gasteiger partial charge is 0.252 e. The molecule has 0 bridgehead atoms. The van der Waals surface area contributed by atoms with Crippen LogP contribution in [0, 0.1) is 11.7 Å². The van der Waals surface area contributed by atoms with Gasteiger partial charge < -0.3 is 14.6 Å². The van der Waals surface area contributed by atoms with Crippen LogP contribution in [0.25, 0.3) is 5.65 Å². The summed E-state index contributed by atoms with van der Waals surface area (Å²) < 4.78 is 15.7. The van der Waals surface area contributed by atoms with E-state index in [2.05, 4.69) is 10.3 Å². The van der Waals surface area contributed by atoms with Crippen LogP contribution >= 0.6 is 0 Å². The highest BCUT2D eigenvalue weighted by molar-refractivity contribution is 5.94. The number of hydrogen-bond acceptors (Lipinski definition) is 3. The molecule has 1 fully saturated rings. The second-order valence-corrected chi connectivity index (χ2v) is 6.37. The van der Waals surface area contributed by atoms with E-state index in [1.165, 1.54) is 6.07 Å². The quantitative estimate of drug-likeness (QED) is 0.796. The largest absolute Gasteiger partial charge is 0.369 e. The van der Waals surface area contributed by atoms with Gasteiger partial charge in [-0.25, -0.2) is 9.37 Å². The minimum Gasteiger partial charge on any atom is -0.369 e. The molecule has 0 saturated carbocycles. The molecule has 25 heavy (non-hydrogen) atoms. The number of nitrogens with one attached hydrogen (secondary N) is 1. The number of carbonyl (C=O) groups excluding carboxylic acids is 1. The standard InChI is InChI=1S/C19H19FN4O/c20-16-3-1-2-4-17(16)23-9-7-14(12-23)11-22-19(25)15-5-6-18-21-8-10-24(18)13-15/h1-6,8,10,13-14H,7,9,11-12H2,(H,22,25)/t14-/m1/s1. The SMILES string of the molecule is O=C(NC[C@H]1CCN(c2ccccc2F)C1)c1ccc2nccn2c1. The number of hydrogen-bond donors (Lipinski definition) is 1. The number of carbonyl (C=O) groups is 1. The van der Waals surface area contributed by atoms with Gasteiger partial charge in [0.15, 0.2) is 0 Å². The Kier molecular flexibility index (Phi) is 4.09. The van der Waals surface area contributed by atoms with Crippen molar-refractivity contribution in [3.8, 4) is 0 Å². The van der Waals surface area contributed by atoms with Crippen molar-refractivity contribution in [1.82, 2.24) is 14.7 Å². The van der Waals surface area contributed by atoms with E-state index in [1.807, 2.05) is 27.6 Å². The van der Waals surface area contributed by atoms with Gasteiger partial charge >= 0.3 is 0 Å². The number of aromatic nitrogens is 2. The summed E-state index contributed by atoms with van der Waals surface area (Å²) in [5.41, 5.74) is 2.06. The van der Waals surface area contributed by atoms with Crippen molar-refractivity contribution in [3.63, 3.8) is 0 Å². The highest BCUT2D eigenvalue weighted by Gasteiger charge is 2.24. The molecule has 5 nitrogen and oxygen atoms in total. The molecule has 1 N–H and O–H groups in total. The summed E-state index contributed by atoms with van der Waals surface area (Å²) >= 11 is 0. The third-order valence-electron chi connectivity index (χ3n) is 4.68. The summed E-state index contributed by atoms with van der Waals surface area (Å²) in [5, 5.41) is 2.99. The van der Waals surface area contributed by atoms with Gasteiger partial charge in [0, 0.05) is 38.2 Å². The Morgan fingerprint density at radius 2 is 2.16 bits per heavy atom. The molecule has 128 valence electrons. The van der Waals surface area contributed by atoms with Crippen molar-refractivity contribution < 1.29 is 9.18 Å². The molecule has 1 aliphatic rings. The Hall–Kier alpha value is -2.89. The van der Waals surface area contributed by atoms with Gasteiger partial charge in [0.2, 0.25) is 0 Å². The lowest BCUT2D eigenvalue weighted by molar-refractivity contribution is 0.0948. The van der Waals surface area contributed by atoms with Crippen LogP contribution in [0.1, 0.15) is 16.8 Å². The van der Waals surface area contributed by atoms with Gasteiger partial charge in [0.1, 0.15) is 11.5 Å². The Labute approximate surface area is 145 Å². The predicted molar refractivity (Wildman–Crippen MR) is 94.2 cm³/mol. The summed E-state index contributed by atoms with van der Waals surface area (Å²) in [6, 6.07) is 10.4. The molecule has 2 aromatic heterocycles. The molecule has 0 spiro atoms. The van der Waals surface area contributed by atoms with Gasteiger partial charge in [0.05, 0.1) is 11.3 Å². The molecule has 1 amide bonds. The first-order valence-electron chi connectivity index (χ1n) is 8.41. The number of rotatable bonds is 4. The molecule has 6 heteroatoms. The highest BCUT2D eigenvalue weighted by Crippen LogP contribution is 2.25. The molecule has 1 atom stereocenters. The average Bonchev–Trinajstić information content (AvgIpc) is 3.28. The number of nitrogens with zero attached hydrogens (tertiary/aromatic N) is 3. The van der Waals surface area contributed by atoms with Crippen molar-refractivity contribution in [1.29, 1.82) is 0 Å². The van der Waals surface area contributed by atoms with Gasteiger partial charge in [-0.05, 0) is 36.6 Å². The molecule has 3 aromatic rings. The van der Waals surface area contributed by atoms with Crippen LogP contribution in [0.5, 0.6) is 0 Å². The van der Waals surface area contributed by atoms with Crippen LogP contribution < -0.4 is 10.2 Å². The number of fused-ring (bicyclic) bond motifs is 1. The van der Waals surface area contributed by atoms with Gasteiger partial charge in [-0.3, -0.25) is 4.79 Å². The molecular weight excluding hydrogens is 319 g/mol. The lowest BCUT2D eigenvalue weighted by Crippen LogP contribution is -2.31. The summed E-state index contributed by atoms with van der Waals surface area (Å²) in [6.45, 7) is 2.15. The third kappa shape index (κ3) is 3.20. The van der Waals surface area contributed by atoms with Crippen LogP contribution in [0.3, 0.4) is 0 Å². The van der Waals surface area contributed by atoms with Crippen molar-refractivity contribution in [2.75, 3.05) is 24.5 Å². The van der Waals surface area contributed by atoms with Crippen LogP contribution in [-0.2, 0) is 0 Å². The van der Waals surface area contributed by atoms with Crippen LogP contribution in [0.4, 0.5) is 10.1 Å². The zero-order chi connectivity index (χ0) is 17.2. The first-order chi connectivity index (χ1) is 12.2. The fourth-order valence-corrected chi connectivity index (χ4v) is 3.32. The Morgan fingerprint density at radius 1 is 1.28 bits per heavy atom. The molecule has 1 saturated heterocycles. The number of amides is 1. The lowest BCUT2D eigenvalue weighted by atomic mass is 10.1. The molecule has 4 rings (SSSR count). The summed E-state index contributed by atoms with van der Waals surface area (Å²) in [6.07, 6.45) is 6.23. The third-order valence-corrected chi connectivity index (χ3v) is 4.68. The average molecular weight is 338 g/mol. The van der Waals surface area contributed by atoms with Crippen LogP contribution in [0.2, 0.25) is 0 Å². The number of benzene rings is 1. The number of imidazole rings is 1. The second-order valence-electron chi connectivity index (χ2n) is 6.37. The van der Waals surface area contributed by atoms with Gasteiger partial charge in [-0.15, -0.1) is 0 Å². The maximum atomic E-state index is 13.9. The van der Waals surface area contributed by atoms with E-state index < -0.39 is 0 Å².